The van der Waals surface area contributed by atoms with Gasteiger partial charge in [0.15, 0.2) is 0 Å². The molecule has 0 fully saturated rings. The Morgan fingerprint density at radius 3 is 2.55 bits per heavy atom. The van der Waals surface area contributed by atoms with E-state index >= 15 is 0 Å². The Hall–Kier alpha value is -0.290. The summed E-state index contributed by atoms with van der Waals surface area (Å²) in [4.78, 5) is 1.33. The first-order chi connectivity index (χ1) is 9.66. The summed E-state index contributed by atoms with van der Waals surface area (Å²) in [7, 11) is 0. The molecule has 0 saturated carbocycles. The molecule has 0 amide bonds. The summed E-state index contributed by atoms with van der Waals surface area (Å²) in [6.45, 7) is 3.18. The maximum Gasteiger partial charge on any atom is 0.0303 e. The molecular formula is C16H17Br2NS. The molecule has 0 saturated heterocycles. The second kappa shape index (κ2) is 8.23. The lowest BCUT2D eigenvalue weighted by atomic mass is 10.1. The minimum Gasteiger partial charge on any atom is -0.309 e. The highest BCUT2D eigenvalue weighted by atomic mass is 79.9. The summed E-state index contributed by atoms with van der Waals surface area (Å²) in [6.07, 6.45) is 0. The predicted octanol–water partition coefficient (Wildman–Crippen LogP) is 5.65. The standard InChI is InChI=1S/C16H17Br2NS/c1-12(15-8-7-13(17)11-16(15)18)19-9-10-20-14-5-3-2-4-6-14/h2-8,11-12,19H,9-10H2,1H3. The number of rotatable bonds is 6. The molecule has 4 heteroatoms. The lowest BCUT2D eigenvalue weighted by molar-refractivity contribution is 0.599. The van der Waals surface area contributed by atoms with Crippen LogP contribution in [0, 0.1) is 0 Å². The van der Waals surface area contributed by atoms with Gasteiger partial charge >= 0.3 is 0 Å². The highest BCUT2D eigenvalue weighted by Crippen LogP contribution is 2.26. The molecule has 0 spiro atoms. The van der Waals surface area contributed by atoms with E-state index in [1.807, 2.05) is 11.8 Å². The van der Waals surface area contributed by atoms with E-state index in [2.05, 4.69) is 92.6 Å². The fourth-order valence-electron chi connectivity index (χ4n) is 1.92. The highest BCUT2D eigenvalue weighted by Gasteiger charge is 2.08. The maximum absolute atomic E-state index is 3.62. The number of hydrogen-bond donors (Lipinski definition) is 1. The third-order valence-electron chi connectivity index (χ3n) is 2.99. The Bertz CT molecular complexity index is 545. The molecule has 20 heavy (non-hydrogen) atoms. The molecule has 0 bridgehead atoms. The molecule has 2 aromatic rings. The van der Waals surface area contributed by atoms with E-state index in [0.29, 0.717) is 6.04 Å². The monoisotopic (exact) mass is 413 g/mol. The van der Waals surface area contributed by atoms with Crippen molar-refractivity contribution in [3.05, 3.63) is 63.0 Å². The van der Waals surface area contributed by atoms with Gasteiger partial charge in [-0.25, -0.2) is 0 Å². The Morgan fingerprint density at radius 1 is 1.10 bits per heavy atom. The SMILES string of the molecule is CC(NCCSc1ccccc1)c1ccc(Br)cc1Br. The van der Waals surface area contributed by atoms with Crippen LogP contribution in [0.4, 0.5) is 0 Å². The van der Waals surface area contributed by atoms with Gasteiger partial charge in [-0.1, -0.05) is 56.1 Å². The molecule has 0 aromatic heterocycles. The summed E-state index contributed by atoms with van der Waals surface area (Å²) < 4.78 is 2.24. The summed E-state index contributed by atoms with van der Waals surface area (Å²) >= 11 is 8.98. The van der Waals surface area contributed by atoms with Crippen LogP contribution >= 0.6 is 43.6 Å². The van der Waals surface area contributed by atoms with Gasteiger partial charge in [0.25, 0.3) is 0 Å². The van der Waals surface area contributed by atoms with Crippen molar-refractivity contribution in [2.45, 2.75) is 17.9 Å². The first-order valence-corrected chi connectivity index (χ1v) is 9.10. The number of thioether (sulfide) groups is 1. The zero-order valence-corrected chi connectivity index (χ0v) is 15.3. The van der Waals surface area contributed by atoms with Crippen molar-refractivity contribution in [3.63, 3.8) is 0 Å². The van der Waals surface area contributed by atoms with Crippen molar-refractivity contribution in [2.75, 3.05) is 12.3 Å². The number of benzene rings is 2. The first-order valence-electron chi connectivity index (χ1n) is 6.53. The summed E-state index contributed by atoms with van der Waals surface area (Å²) in [5.41, 5.74) is 1.29. The van der Waals surface area contributed by atoms with E-state index in [1.165, 1.54) is 10.5 Å². The van der Waals surface area contributed by atoms with E-state index in [-0.39, 0.29) is 0 Å². The molecular weight excluding hydrogens is 398 g/mol. The number of nitrogens with one attached hydrogen (secondary N) is 1. The van der Waals surface area contributed by atoms with Crippen LogP contribution in [0.1, 0.15) is 18.5 Å². The van der Waals surface area contributed by atoms with E-state index in [9.17, 15) is 0 Å². The zero-order valence-electron chi connectivity index (χ0n) is 11.3. The first kappa shape index (κ1) is 16.1. The smallest absolute Gasteiger partial charge is 0.0303 e. The van der Waals surface area contributed by atoms with Crippen LogP contribution in [0.15, 0.2) is 62.4 Å². The van der Waals surface area contributed by atoms with E-state index in [4.69, 9.17) is 0 Å². The largest absolute Gasteiger partial charge is 0.309 e. The second-order valence-corrected chi connectivity index (χ2v) is 7.44. The van der Waals surface area contributed by atoms with Crippen molar-refractivity contribution in [3.8, 4) is 0 Å². The van der Waals surface area contributed by atoms with Gasteiger partial charge in [-0.2, -0.15) is 0 Å². The third kappa shape index (κ3) is 4.92. The van der Waals surface area contributed by atoms with Crippen LogP contribution < -0.4 is 5.32 Å². The Morgan fingerprint density at radius 2 is 1.85 bits per heavy atom. The lowest BCUT2D eigenvalue weighted by Crippen LogP contribution is -2.21. The lowest BCUT2D eigenvalue weighted by Gasteiger charge is -2.16. The Balaban J connectivity index is 1.79. The maximum atomic E-state index is 3.62. The molecule has 0 heterocycles. The number of halogens is 2. The van der Waals surface area contributed by atoms with Crippen LogP contribution in [-0.2, 0) is 0 Å². The molecule has 0 aliphatic heterocycles. The summed E-state index contributed by atoms with van der Waals surface area (Å²) in [5.74, 6) is 1.07. The van der Waals surface area contributed by atoms with Crippen LogP contribution in [0.25, 0.3) is 0 Å². The molecule has 0 aliphatic rings. The molecule has 0 radical (unpaired) electrons. The average Bonchev–Trinajstić information content (AvgIpc) is 2.44. The van der Waals surface area contributed by atoms with Gasteiger partial charge in [-0.3, -0.25) is 0 Å². The molecule has 1 unspecified atom stereocenters. The summed E-state index contributed by atoms with van der Waals surface area (Å²) in [6, 6.07) is 17.2. The topological polar surface area (TPSA) is 12.0 Å². The van der Waals surface area contributed by atoms with Crippen LogP contribution in [0.5, 0.6) is 0 Å². The average molecular weight is 415 g/mol. The van der Waals surface area contributed by atoms with Crippen molar-refractivity contribution in [1.29, 1.82) is 0 Å². The van der Waals surface area contributed by atoms with Crippen molar-refractivity contribution >= 4 is 43.6 Å². The van der Waals surface area contributed by atoms with Gasteiger partial charge in [-0.15, -0.1) is 11.8 Å². The number of hydrogen-bond acceptors (Lipinski definition) is 2. The third-order valence-corrected chi connectivity index (χ3v) is 5.19. The second-order valence-electron chi connectivity index (χ2n) is 4.50. The Kier molecular flexibility index (Phi) is 6.62. The normalized spacial score (nSPS) is 12.3. The van der Waals surface area contributed by atoms with Gasteiger partial charge in [-0.05, 0) is 36.8 Å². The fraction of sp³-hybridized carbons (Fsp3) is 0.250. The Labute approximate surface area is 141 Å². The molecule has 1 nitrogen and oxygen atoms in total. The molecule has 2 aromatic carbocycles. The molecule has 1 atom stereocenters. The van der Waals surface area contributed by atoms with E-state index in [1.54, 1.807) is 0 Å². The predicted molar refractivity (Wildman–Crippen MR) is 95.4 cm³/mol. The van der Waals surface area contributed by atoms with Crippen LogP contribution in [-0.4, -0.2) is 12.3 Å². The minimum atomic E-state index is 0.342. The fourth-order valence-corrected chi connectivity index (χ4v) is 4.12. The van der Waals surface area contributed by atoms with E-state index in [0.717, 1.165) is 21.2 Å². The summed E-state index contributed by atoms with van der Waals surface area (Å²) in [5, 5.41) is 3.56. The van der Waals surface area contributed by atoms with Crippen molar-refractivity contribution in [1.82, 2.24) is 5.32 Å². The van der Waals surface area contributed by atoms with Crippen molar-refractivity contribution < 1.29 is 0 Å². The molecule has 106 valence electrons. The van der Waals surface area contributed by atoms with Crippen LogP contribution in [0.2, 0.25) is 0 Å². The minimum absolute atomic E-state index is 0.342. The zero-order chi connectivity index (χ0) is 14.4. The van der Waals surface area contributed by atoms with Gasteiger partial charge < -0.3 is 5.32 Å². The molecule has 1 N–H and O–H groups in total. The quantitative estimate of drug-likeness (QED) is 0.483. The van der Waals surface area contributed by atoms with Crippen LogP contribution in [0.3, 0.4) is 0 Å². The molecule has 2 rings (SSSR count). The highest BCUT2D eigenvalue weighted by molar-refractivity contribution is 9.11. The van der Waals surface area contributed by atoms with Gasteiger partial charge in [0, 0.05) is 32.2 Å². The van der Waals surface area contributed by atoms with Crippen molar-refractivity contribution in [2.24, 2.45) is 0 Å². The van der Waals surface area contributed by atoms with E-state index < -0.39 is 0 Å². The van der Waals surface area contributed by atoms with Gasteiger partial charge in [0.05, 0.1) is 0 Å². The van der Waals surface area contributed by atoms with Gasteiger partial charge in [0.2, 0.25) is 0 Å². The van der Waals surface area contributed by atoms with Gasteiger partial charge in [0.1, 0.15) is 0 Å². The molecule has 0 aliphatic carbocycles.